The molecule has 0 fully saturated rings. The number of rotatable bonds is 2. The fraction of sp³-hybridized carbons (Fsp3) is 0.385. The van der Waals surface area contributed by atoms with Crippen LogP contribution in [0, 0.1) is 0 Å². The zero-order chi connectivity index (χ0) is 12.9. The van der Waals surface area contributed by atoms with Crippen molar-refractivity contribution in [2.24, 2.45) is 0 Å². The number of nitrogens with one attached hydrogen (secondary N) is 1. The van der Waals surface area contributed by atoms with E-state index in [0.29, 0.717) is 6.54 Å². The number of thiocarbonyl (C=S) groups is 1. The standard InChI is InChI=1S/C13H17NO2S/c1-13(2,3)16-12(15)11(17)14-9-10-7-5-4-6-8-10/h4-8H,9H2,1-3H3,(H,14,17). The molecule has 0 amide bonds. The molecular formula is C13H17NO2S. The molecule has 0 radical (unpaired) electrons. The van der Waals surface area contributed by atoms with Crippen LogP contribution in [-0.4, -0.2) is 16.6 Å². The van der Waals surface area contributed by atoms with Gasteiger partial charge in [-0.1, -0.05) is 42.5 Å². The summed E-state index contributed by atoms with van der Waals surface area (Å²) < 4.78 is 5.15. The molecule has 0 heterocycles. The van der Waals surface area contributed by atoms with E-state index in [4.69, 9.17) is 17.0 Å². The molecule has 1 aromatic carbocycles. The maximum atomic E-state index is 11.6. The van der Waals surface area contributed by atoms with Crippen molar-refractivity contribution in [3.05, 3.63) is 35.9 Å². The summed E-state index contributed by atoms with van der Waals surface area (Å²) in [4.78, 5) is 11.7. The van der Waals surface area contributed by atoms with Crippen LogP contribution < -0.4 is 5.32 Å². The summed E-state index contributed by atoms with van der Waals surface area (Å²) in [5.41, 5.74) is 0.550. The minimum Gasteiger partial charge on any atom is -0.455 e. The van der Waals surface area contributed by atoms with Crippen LogP contribution in [0.2, 0.25) is 0 Å². The van der Waals surface area contributed by atoms with Crippen LogP contribution in [0.25, 0.3) is 0 Å². The summed E-state index contributed by atoms with van der Waals surface area (Å²) in [7, 11) is 0. The van der Waals surface area contributed by atoms with Crippen molar-refractivity contribution in [2.45, 2.75) is 32.9 Å². The Bertz CT molecular complexity index is 396. The molecule has 0 bridgehead atoms. The Morgan fingerprint density at radius 2 is 1.88 bits per heavy atom. The Kier molecular flexibility index (Phi) is 4.63. The number of hydrogen-bond acceptors (Lipinski definition) is 3. The van der Waals surface area contributed by atoms with Gasteiger partial charge in [0.15, 0.2) is 4.99 Å². The molecule has 0 aliphatic rings. The van der Waals surface area contributed by atoms with Crippen molar-refractivity contribution in [1.29, 1.82) is 0 Å². The Labute approximate surface area is 107 Å². The summed E-state index contributed by atoms with van der Waals surface area (Å²) in [6, 6.07) is 9.74. The molecule has 1 N–H and O–H groups in total. The van der Waals surface area contributed by atoms with Gasteiger partial charge >= 0.3 is 5.97 Å². The average Bonchev–Trinajstić information content (AvgIpc) is 2.25. The van der Waals surface area contributed by atoms with Gasteiger partial charge in [0.05, 0.1) is 0 Å². The van der Waals surface area contributed by atoms with E-state index in [9.17, 15) is 4.79 Å². The summed E-state index contributed by atoms with van der Waals surface area (Å²) in [5.74, 6) is -0.483. The van der Waals surface area contributed by atoms with Gasteiger partial charge in [-0.25, -0.2) is 4.79 Å². The van der Waals surface area contributed by atoms with Crippen molar-refractivity contribution in [2.75, 3.05) is 0 Å². The van der Waals surface area contributed by atoms with E-state index in [0.717, 1.165) is 5.56 Å². The van der Waals surface area contributed by atoms with Gasteiger partial charge in [-0.15, -0.1) is 0 Å². The number of benzene rings is 1. The van der Waals surface area contributed by atoms with Gasteiger partial charge in [0.2, 0.25) is 0 Å². The highest BCUT2D eigenvalue weighted by Gasteiger charge is 2.19. The topological polar surface area (TPSA) is 38.3 Å². The lowest BCUT2D eigenvalue weighted by molar-refractivity contribution is -0.146. The van der Waals surface area contributed by atoms with Crippen LogP contribution in [0.1, 0.15) is 26.3 Å². The highest BCUT2D eigenvalue weighted by molar-refractivity contribution is 7.81. The average molecular weight is 251 g/mol. The third-order valence-corrected chi connectivity index (χ3v) is 2.19. The normalized spacial score (nSPS) is 10.8. The monoisotopic (exact) mass is 251 g/mol. The summed E-state index contributed by atoms with van der Waals surface area (Å²) >= 11 is 4.96. The first kappa shape index (κ1) is 13.6. The number of ether oxygens (including phenoxy) is 1. The van der Waals surface area contributed by atoms with Crippen molar-refractivity contribution in [3.8, 4) is 0 Å². The zero-order valence-corrected chi connectivity index (χ0v) is 11.1. The van der Waals surface area contributed by atoms with E-state index in [1.165, 1.54) is 0 Å². The SMILES string of the molecule is CC(C)(C)OC(=O)C(=S)NCc1ccccc1. The molecule has 3 nitrogen and oxygen atoms in total. The van der Waals surface area contributed by atoms with E-state index >= 15 is 0 Å². The van der Waals surface area contributed by atoms with Gasteiger partial charge in [0.25, 0.3) is 0 Å². The summed E-state index contributed by atoms with van der Waals surface area (Å²) in [5, 5.41) is 2.88. The predicted octanol–water partition coefficient (Wildman–Crippen LogP) is 2.45. The predicted molar refractivity (Wildman–Crippen MR) is 71.7 cm³/mol. The van der Waals surface area contributed by atoms with Gasteiger partial charge in [0, 0.05) is 6.54 Å². The van der Waals surface area contributed by atoms with E-state index < -0.39 is 11.6 Å². The Hall–Kier alpha value is -1.42. The maximum absolute atomic E-state index is 11.6. The highest BCUT2D eigenvalue weighted by atomic mass is 32.1. The Balaban J connectivity index is 2.43. The zero-order valence-electron chi connectivity index (χ0n) is 10.3. The number of carbonyl (C=O) groups is 1. The highest BCUT2D eigenvalue weighted by Crippen LogP contribution is 2.07. The first-order chi connectivity index (χ1) is 7.88. The first-order valence-corrected chi connectivity index (χ1v) is 5.84. The van der Waals surface area contributed by atoms with E-state index in [1.54, 1.807) is 0 Å². The van der Waals surface area contributed by atoms with Gasteiger partial charge < -0.3 is 10.1 Å². The second-order valence-electron chi connectivity index (χ2n) is 4.67. The molecule has 4 heteroatoms. The molecule has 0 aliphatic heterocycles. The molecule has 0 aromatic heterocycles. The second kappa shape index (κ2) is 5.77. The van der Waals surface area contributed by atoms with Gasteiger partial charge in [-0.3, -0.25) is 0 Å². The van der Waals surface area contributed by atoms with Crippen LogP contribution in [0.5, 0.6) is 0 Å². The molecule has 1 aromatic rings. The largest absolute Gasteiger partial charge is 0.455 e. The summed E-state index contributed by atoms with van der Waals surface area (Å²) in [6.07, 6.45) is 0. The molecular weight excluding hydrogens is 234 g/mol. The lowest BCUT2D eigenvalue weighted by Gasteiger charge is -2.19. The number of carbonyl (C=O) groups excluding carboxylic acids is 1. The number of esters is 1. The lowest BCUT2D eigenvalue weighted by Crippen LogP contribution is -2.35. The van der Waals surface area contributed by atoms with Crippen LogP contribution in [-0.2, 0) is 16.1 Å². The van der Waals surface area contributed by atoms with Crippen LogP contribution in [0.4, 0.5) is 0 Å². The van der Waals surface area contributed by atoms with Crippen molar-refractivity contribution >= 4 is 23.2 Å². The van der Waals surface area contributed by atoms with Crippen molar-refractivity contribution in [1.82, 2.24) is 5.32 Å². The van der Waals surface area contributed by atoms with Crippen molar-refractivity contribution in [3.63, 3.8) is 0 Å². The molecule has 1 rings (SSSR count). The molecule has 92 valence electrons. The van der Waals surface area contributed by atoms with Gasteiger partial charge in [0.1, 0.15) is 5.60 Å². The van der Waals surface area contributed by atoms with Gasteiger partial charge in [-0.05, 0) is 26.3 Å². The maximum Gasteiger partial charge on any atom is 0.366 e. The van der Waals surface area contributed by atoms with E-state index in [2.05, 4.69) is 5.32 Å². The van der Waals surface area contributed by atoms with Crippen LogP contribution in [0.3, 0.4) is 0 Å². The second-order valence-corrected chi connectivity index (χ2v) is 5.08. The molecule has 0 saturated carbocycles. The molecule has 0 spiro atoms. The molecule has 0 unspecified atom stereocenters. The van der Waals surface area contributed by atoms with Crippen LogP contribution in [0.15, 0.2) is 30.3 Å². The van der Waals surface area contributed by atoms with E-state index in [-0.39, 0.29) is 4.99 Å². The molecule has 0 aliphatic carbocycles. The quantitative estimate of drug-likeness (QED) is 0.647. The minimum atomic E-state index is -0.518. The molecule has 0 saturated heterocycles. The molecule has 17 heavy (non-hydrogen) atoms. The fourth-order valence-corrected chi connectivity index (χ4v) is 1.29. The smallest absolute Gasteiger partial charge is 0.366 e. The van der Waals surface area contributed by atoms with Crippen molar-refractivity contribution < 1.29 is 9.53 Å². The van der Waals surface area contributed by atoms with E-state index in [1.807, 2.05) is 51.1 Å². The first-order valence-electron chi connectivity index (χ1n) is 5.43. The third kappa shape index (κ3) is 5.45. The van der Waals surface area contributed by atoms with Gasteiger partial charge in [-0.2, -0.15) is 0 Å². The Morgan fingerprint density at radius 3 is 2.41 bits per heavy atom. The number of hydrogen-bond donors (Lipinski definition) is 1. The molecule has 0 atom stereocenters. The fourth-order valence-electron chi connectivity index (χ4n) is 1.17. The summed E-state index contributed by atoms with van der Waals surface area (Å²) in [6.45, 7) is 5.96. The van der Waals surface area contributed by atoms with Crippen LogP contribution >= 0.6 is 12.2 Å². The third-order valence-electron chi connectivity index (χ3n) is 1.88. The lowest BCUT2D eigenvalue weighted by atomic mass is 10.2. The minimum absolute atomic E-state index is 0.115. The Morgan fingerprint density at radius 1 is 1.29 bits per heavy atom.